The Labute approximate surface area is 116 Å². The first-order chi connectivity index (χ1) is 9.29. The van der Waals surface area contributed by atoms with E-state index in [9.17, 15) is 0 Å². The normalized spacial score (nSPS) is 16.9. The molecule has 1 fully saturated rings. The lowest BCUT2D eigenvalue weighted by Crippen LogP contribution is -2.43. The largest absolute Gasteiger partial charge is 0.496 e. The summed E-state index contributed by atoms with van der Waals surface area (Å²) < 4.78 is 5.38. The highest BCUT2D eigenvalue weighted by Crippen LogP contribution is 2.21. The fraction of sp³-hybridized carbons (Fsp3) is 0.500. The van der Waals surface area contributed by atoms with E-state index < -0.39 is 0 Å². The number of hydrogen-bond acceptors (Lipinski definition) is 3. The third kappa shape index (κ3) is 4.37. The number of benzene rings is 1. The van der Waals surface area contributed by atoms with Crippen molar-refractivity contribution >= 4 is 6.08 Å². The van der Waals surface area contributed by atoms with Crippen molar-refractivity contribution in [1.82, 2.24) is 10.2 Å². The van der Waals surface area contributed by atoms with Crippen LogP contribution in [0.2, 0.25) is 0 Å². The van der Waals surface area contributed by atoms with Gasteiger partial charge in [-0.2, -0.15) is 0 Å². The number of ether oxygens (including phenoxy) is 1. The smallest absolute Gasteiger partial charge is 0.126 e. The lowest BCUT2D eigenvalue weighted by Gasteiger charge is -2.26. The molecular weight excluding hydrogens is 236 g/mol. The summed E-state index contributed by atoms with van der Waals surface area (Å²) in [4.78, 5) is 2.51. The van der Waals surface area contributed by atoms with E-state index in [4.69, 9.17) is 4.74 Å². The number of methoxy groups -OCH3 is 1. The van der Waals surface area contributed by atoms with Crippen LogP contribution in [0.25, 0.3) is 6.08 Å². The van der Waals surface area contributed by atoms with Crippen LogP contribution in [-0.4, -0.2) is 44.7 Å². The number of aryl methyl sites for hydroxylation is 1. The summed E-state index contributed by atoms with van der Waals surface area (Å²) in [6, 6.07) is 6.28. The molecule has 0 unspecified atom stereocenters. The van der Waals surface area contributed by atoms with Crippen LogP contribution in [-0.2, 0) is 0 Å². The molecule has 0 aliphatic carbocycles. The predicted octanol–water partition coefficient (Wildman–Crippen LogP) is 2.31. The third-order valence-corrected chi connectivity index (χ3v) is 3.50. The van der Waals surface area contributed by atoms with Gasteiger partial charge in [-0.05, 0) is 25.5 Å². The van der Waals surface area contributed by atoms with Gasteiger partial charge >= 0.3 is 0 Å². The highest BCUT2D eigenvalue weighted by atomic mass is 16.5. The summed E-state index contributed by atoms with van der Waals surface area (Å²) in [5.41, 5.74) is 2.44. The Kier molecular flexibility index (Phi) is 5.43. The molecule has 0 bridgehead atoms. The van der Waals surface area contributed by atoms with E-state index >= 15 is 0 Å². The molecule has 0 aromatic heterocycles. The molecule has 104 valence electrons. The molecule has 1 saturated heterocycles. The number of hydrogen-bond donors (Lipinski definition) is 1. The van der Waals surface area contributed by atoms with Crippen molar-refractivity contribution in [2.75, 3.05) is 39.8 Å². The first kappa shape index (κ1) is 14.1. The van der Waals surface area contributed by atoms with Crippen molar-refractivity contribution in [3.63, 3.8) is 0 Å². The number of nitrogens with one attached hydrogen (secondary N) is 1. The minimum absolute atomic E-state index is 0.948. The van der Waals surface area contributed by atoms with E-state index in [0.717, 1.165) is 31.8 Å². The van der Waals surface area contributed by atoms with Crippen LogP contribution in [0.3, 0.4) is 0 Å². The van der Waals surface area contributed by atoms with Gasteiger partial charge in [0.1, 0.15) is 5.75 Å². The molecule has 0 radical (unpaired) electrons. The quantitative estimate of drug-likeness (QED) is 0.879. The molecule has 1 aromatic carbocycles. The van der Waals surface area contributed by atoms with Gasteiger partial charge in [0.15, 0.2) is 0 Å². The van der Waals surface area contributed by atoms with Crippen LogP contribution < -0.4 is 10.1 Å². The van der Waals surface area contributed by atoms with E-state index in [-0.39, 0.29) is 0 Å². The summed E-state index contributed by atoms with van der Waals surface area (Å²) in [5, 5.41) is 3.38. The van der Waals surface area contributed by atoms with E-state index in [0.29, 0.717) is 0 Å². The van der Waals surface area contributed by atoms with Crippen molar-refractivity contribution < 1.29 is 4.74 Å². The van der Waals surface area contributed by atoms with Crippen molar-refractivity contribution in [2.24, 2.45) is 0 Å². The average Bonchev–Trinajstić information content (AvgIpc) is 2.45. The molecule has 1 aromatic rings. The summed E-state index contributed by atoms with van der Waals surface area (Å²) >= 11 is 0. The zero-order valence-electron chi connectivity index (χ0n) is 12.0. The summed E-state index contributed by atoms with van der Waals surface area (Å²) in [6.45, 7) is 7.83. The minimum Gasteiger partial charge on any atom is -0.496 e. The Morgan fingerprint density at radius 2 is 2.11 bits per heavy atom. The zero-order valence-corrected chi connectivity index (χ0v) is 12.0. The first-order valence-electron chi connectivity index (χ1n) is 7.04. The summed E-state index contributed by atoms with van der Waals surface area (Å²) in [7, 11) is 1.72. The zero-order chi connectivity index (χ0) is 13.5. The second kappa shape index (κ2) is 7.31. The summed E-state index contributed by atoms with van der Waals surface area (Å²) in [5.74, 6) is 0.948. The Morgan fingerprint density at radius 1 is 1.32 bits per heavy atom. The van der Waals surface area contributed by atoms with Crippen LogP contribution in [0.4, 0.5) is 0 Å². The number of piperazine rings is 1. The van der Waals surface area contributed by atoms with Gasteiger partial charge in [0.25, 0.3) is 0 Å². The van der Waals surface area contributed by atoms with Crippen molar-refractivity contribution in [2.45, 2.75) is 13.3 Å². The standard InChI is InChI=1S/C16H24N2O/c1-14-6-7-16(19-2)15(13-14)5-3-4-10-18-11-8-17-9-12-18/h3,5-7,13,17H,4,8-12H2,1-2H3/b5-3+. The van der Waals surface area contributed by atoms with E-state index in [1.165, 1.54) is 24.2 Å². The molecule has 0 atom stereocenters. The molecule has 19 heavy (non-hydrogen) atoms. The fourth-order valence-corrected chi connectivity index (χ4v) is 2.39. The van der Waals surface area contributed by atoms with Crippen LogP contribution in [0.1, 0.15) is 17.5 Å². The second-order valence-electron chi connectivity index (χ2n) is 5.03. The van der Waals surface area contributed by atoms with Crippen LogP contribution in [0.5, 0.6) is 5.75 Å². The van der Waals surface area contributed by atoms with Gasteiger partial charge in [0, 0.05) is 38.3 Å². The number of nitrogens with zero attached hydrogens (tertiary/aromatic N) is 1. The third-order valence-electron chi connectivity index (χ3n) is 3.50. The Bertz CT molecular complexity index is 423. The SMILES string of the molecule is COc1ccc(C)cc1/C=C/CCN1CCNCC1. The Morgan fingerprint density at radius 3 is 2.84 bits per heavy atom. The van der Waals surface area contributed by atoms with E-state index in [1.807, 2.05) is 6.07 Å². The number of rotatable bonds is 5. The van der Waals surface area contributed by atoms with Gasteiger partial charge in [0.2, 0.25) is 0 Å². The minimum atomic E-state index is 0.948. The lowest BCUT2D eigenvalue weighted by atomic mass is 10.1. The van der Waals surface area contributed by atoms with Crippen LogP contribution in [0, 0.1) is 6.92 Å². The lowest BCUT2D eigenvalue weighted by molar-refractivity contribution is 0.245. The van der Waals surface area contributed by atoms with Gasteiger partial charge < -0.3 is 15.0 Å². The Hall–Kier alpha value is -1.32. The van der Waals surface area contributed by atoms with Gasteiger partial charge in [0.05, 0.1) is 7.11 Å². The molecule has 0 spiro atoms. The highest BCUT2D eigenvalue weighted by molar-refractivity contribution is 5.58. The molecule has 3 heteroatoms. The maximum atomic E-state index is 5.38. The van der Waals surface area contributed by atoms with Crippen LogP contribution in [0.15, 0.2) is 24.3 Å². The van der Waals surface area contributed by atoms with Gasteiger partial charge in [-0.3, -0.25) is 0 Å². The van der Waals surface area contributed by atoms with Gasteiger partial charge in [-0.1, -0.05) is 23.8 Å². The molecular formula is C16H24N2O. The molecule has 3 nitrogen and oxygen atoms in total. The highest BCUT2D eigenvalue weighted by Gasteiger charge is 2.07. The summed E-state index contributed by atoms with van der Waals surface area (Å²) in [6.07, 6.45) is 5.52. The second-order valence-corrected chi connectivity index (χ2v) is 5.03. The maximum absolute atomic E-state index is 5.38. The van der Waals surface area contributed by atoms with Crippen molar-refractivity contribution in [3.05, 3.63) is 35.4 Å². The van der Waals surface area contributed by atoms with E-state index in [2.05, 4.69) is 41.4 Å². The monoisotopic (exact) mass is 260 g/mol. The molecule has 1 heterocycles. The fourth-order valence-electron chi connectivity index (χ4n) is 2.39. The Balaban J connectivity index is 1.86. The average molecular weight is 260 g/mol. The predicted molar refractivity (Wildman–Crippen MR) is 80.7 cm³/mol. The van der Waals surface area contributed by atoms with Crippen LogP contribution >= 0.6 is 0 Å². The molecule has 1 aliphatic heterocycles. The molecule has 0 saturated carbocycles. The first-order valence-corrected chi connectivity index (χ1v) is 7.04. The van der Waals surface area contributed by atoms with Crippen molar-refractivity contribution in [1.29, 1.82) is 0 Å². The molecule has 2 rings (SSSR count). The molecule has 1 aliphatic rings. The maximum Gasteiger partial charge on any atom is 0.126 e. The van der Waals surface area contributed by atoms with Gasteiger partial charge in [-0.25, -0.2) is 0 Å². The topological polar surface area (TPSA) is 24.5 Å². The molecule has 1 N–H and O–H groups in total. The van der Waals surface area contributed by atoms with Gasteiger partial charge in [-0.15, -0.1) is 0 Å². The van der Waals surface area contributed by atoms with Crippen molar-refractivity contribution in [3.8, 4) is 5.75 Å². The molecule has 0 amide bonds. The van der Waals surface area contributed by atoms with E-state index in [1.54, 1.807) is 7.11 Å².